The molecule has 0 unspecified atom stereocenters. The lowest BCUT2D eigenvalue weighted by Gasteiger charge is -2.17. The first kappa shape index (κ1) is 10.7. The summed E-state index contributed by atoms with van der Waals surface area (Å²) in [4.78, 5) is 8.47. The maximum Gasteiger partial charge on any atom is 0.393 e. The number of aliphatic carboxylic acids is 1. The third kappa shape index (κ3) is 3.09. The van der Waals surface area contributed by atoms with Gasteiger partial charge in [-0.1, -0.05) is 22.9 Å². The summed E-state index contributed by atoms with van der Waals surface area (Å²) in [5.74, 6) is -3.38. The zero-order valence-corrected chi connectivity index (χ0v) is 7.11. The first-order chi connectivity index (χ1) is 4.76. The van der Waals surface area contributed by atoms with E-state index in [9.17, 15) is 18.0 Å². The molecule has 0 aromatic heterocycles. The molecular formula is C5H6BrF3O2. The average Bonchev–Trinajstić information content (AvgIpc) is 1.82. The molecule has 0 aromatic carbocycles. The lowest BCUT2D eigenvalue weighted by Crippen LogP contribution is -2.33. The Bertz CT molecular complexity index is 156. The van der Waals surface area contributed by atoms with Gasteiger partial charge in [-0.05, 0) is 0 Å². The van der Waals surface area contributed by atoms with Crippen molar-refractivity contribution in [2.75, 3.05) is 0 Å². The van der Waals surface area contributed by atoms with E-state index in [0.717, 1.165) is 6.92 Å². The van der Waals surface area contributed by atoms with Crippen molar-refractivity contribution in [3.8, 4) is 0 Å². The maximum atomic E-state index is 11.8. The van der Waals surface area contributed by atoms with Crippen LogP contribution in [0.5, 0.6) is 0 Å². The van der Waals surface area contributed by atoms with Gasteiger partial charge in [-0.3, -0.25) is 4.79 Å². The molecule has 0 saturated heterocycles. The Hall–Kier alpha value is -0.260. The molecule has 0 amide bonds. The second-order valence-corrected chi connectivity index (χ2v) is 3.06. The normalized spacial score (nSPS) is 17.5. The van der Waals surface area contributed by atoms with Crippen LogP contribution in [0.4, 0.5) is 13.2 Å². The van der Waals surface area contributed by atoms with Gasteiger partial charge in [0.05, 0.1) is 5.92 Å². The Labute approximate surface area is 69.5 Å². The maximum absolute atomic E-state index is 11.8. The Balaban J connectivity index is 4.25. The largest absolute Gasteiger partial charge is 0.480 e. The van der Waals surface area contributed by atoms with Crippen LogP contribution >= 0.6 is 15.9 Å². The number of carboxylic acids is 1. The Kier molecular flexibility index (Phi) is 3.34. The SMILES string of the molecule is C[C@H]([C@@H](Br)C(=O)O)C(F)(F)F. The zero-order chi connectivity index (χ0) is 9.23. The van der Waals surface area contributed by atoms with Crippen LogP contribution in [0.2, 0.25) is 0 Å². The van der Waals surface area contributed by atoms with E-state index in [1.807, 2.05) is 0 Å². The smallest absolute Gasteiger partial charge is 0.393 e. The van der Waals surface area contributed by atoms with Crippen molar-refractivity contribution in [3.05, 3.63) is 0 Å². The van der Waals surface area contributed by atoms with Gasteiger partial charge in [-0.25, -0.2) is 0 Å². The fourth-order valence-corrected chi connectivity index (χ4v) is 0.680. The highest BCUT2D eigenvalue weighted by Gasteiger charge is 2.43. The van der Waals surface area contributed by atoms with Crippen molar-refractivity contribution < 1.29 is 23.1 Å². The summed E-state index contributed by atoms with van der Waals surface area (Å²) in [5.41, 5.74) is 0. The average molecular weight is 235 g/mol. The molecule has 0 aliphatic heterocycles. The third-order valence-corrected chi connectivity index (χ3v) is 2.38. The fraction of sp³-hybridized carbons (Fsp3) is 0.800. The highest BCUT2D eigenvalue weighted by Crippen LogP contribution is 2.31. The summed E-state index contributed by atoms with van der Waals surface area (Å²) in [6, 6.07) is 0. The Morgan fingerprint density at radius 1 is 1.55 bits per heavy atom. The van der Waals surface area contributed by atoms with Crippen LogP contribution in [0.15, 0.2) is 0 Å². The first-order valence-electron chi connectivity index (χ1n) is 2.70. The van der Waals surface area contributed by atoms with E-state index in [2.05, 4.69) is 15.9 Å². The quantitative estimate of drug-likeness (QED) is 0.743. The van der Waals surface area contributed by atoms with Crippen LogP contribution in [0, 0.1) is 5.92 Å². The van der Waals surface area contributed by atoms with Crippen LogP contribution in [-0.2, 0) is 4.79 Å². The molecule has 2 atom stereocenters. The third-order valence-electron chi connectivity index (χ3n) is 1.19. The van der Waals surface area contributed by atoms with Crippen LogP contribution in [-0.4, -0.2) is 22.1 Å². The zero-order valence-electron chi connectivity index (χ0n) is 5.52. The minimum atomic E-state index is -4.47. The van der Waals surface area contributed by atoms with Gasteiger partial charge < -0.3 is 5.11 Å². The van der Waals surface area contributed by atoms with Crippen molar-refractivity contribution >= 4 is 21.9 Å². The summed E-state index contributed by atoms with van der Waals surface area (Å²) >= 11 is 2.42. The minimum Gasteiger partial charge on any atom is -0.480 e. The second-order valence-electron chi connectivity index (χ2n) is 2.07. The summed E-state index contributed by atoms with van der Waals surface area (Å²) in [5, 5.41) is 8.17. The van der Waals surface area contributed by atoms with Crippen LogP contribution in [0.3, 0.4) is 0 Å². The first-order valence-corrected chi connectivity index (χ1v) is 3.62. The lowest BCUT2D eigenvalue weighted by molar-refractivity contribution is -0.176. The van der Waals surface area contributed by atoms with Gasteiger partial charge in [0.1, 0.15) is 4.83 Å². The molecule has 0 radical (unpaired) electrons. The molecule has 0 rings (SSSR count). The highest BCUT2D eigenvalue weighted by molar-refractivity contribution is 9.10. The van der Waals surface area contributed by atoms with Gasteiger partial charge in [0.2, 0.25) is 0 Å². The molecule has 2 nitrogen and oxygen atoms in total. The molecule has 0 aliphatic rings. The predicted octanol–water partition coefficient (Wildman–Crippen LogP) is 2.03. The topological polar surface area (TPSA) is 37.3 Å². The molecule has 66 valence electrons. The van der Waals surface area contributed by atoms with Gasteiger partial charge >= 0.3 is 12.1 Å². The van der Waals surface area contributed by atoms with Crippen molar-refractivity contribution in [2.24, 2.45) is 5.92 Å². The molecule has 11 heavy (non-hydrogen) atoms. The standard InChI is InChI=1S/C5H6BrF3O2/c1-2(5(7,8)9)3(6)4(10)11/h2-3H,1H3,(H,10,11)/t2-,3-/m1/s1. The van der Waals surface area contributed by atoms with Crippen LogP contribution < -0.4 is 0 Å². The number of hydrogen-bond donors (Lipinski definition) is 1. The molecule has 0 spiro atoms. The van der Waals surface area contributed by atoms with E-state index < -0.39 is 22.9 Å². The molecule has 6 heteroatoms. The Morgan fingerprint density at radius 2 is 1.91 bits per heavy atom. The van der Waals surface area contributed by atoms with E-state index in [4.69, 9.17) is 5.11 Å². The number of carbonyl (C=O) groups is 1. The van der Waals surface area contributed by atoms with E-state index in [1.165, 1.54) is 0 Å². The van der Waals surface area contributed by atoms with Crippen molar-refractivity contribution in [3.63, 3.8) is 0 Å². The van der Waals surface area contributed by atoms with E-state index >= 15 is 0 Å². The van der Waals surface area contributed by atoms with Crippen molar-refractivity contribution in [1.82, 2.24) is 0 Å². The summed E-state index contributed by atoms with van der Waals surface area (Å²) in [6.07, 6.45) is -4.47. The molecule has 0 bridgehead atoms. The fourth-order valence-electron chi connectivity index (χ4n) is 0.380. The van der Waals surface area contributed by atoms with Gasteiger partial charge in [0, 0.05) is 0 Å². The molecule has 0 heterocycles. The van der Waals surface area contributed by atoms with E-state index in [1.54, 1.807) is 0 Å². The lowest BCUT2D eigenvalue weighted by atomic mass is 10.1. The van der Waals surface area contributed by atoms with Gasteiger partial charge in [-0.15, -0.1) is 0 Å². The molecule has 0 fully saturated rings. The monoisotopic (exact) mass is 234 g/mol. The molecule has 0 aromatic rings. The number of rotatable bonds is 2. The minimum absolute atomic E-state index is 0.813. The number of alkyl halides is 4. The predicted molar refractivity (Wildman–Crippen MR) is 35.6 cm³/mol. The molecule has 0 saturated carbocycles. The number of carboxylic acid groups (broad SMARTS) is 1. The van der Waals surface area contributed by atoms with Crippen molar-refractivity contribution in [1.29, 1.82) is 0 Å². The summed E-state index contributed by atoms with van der Waals surface area (Å²) in [7, 11) is 0. The van der Waals surface area contributed by atoms with Gasteiger partial charge in [-0.2, -0.15) is 13.2 Å². The second kappa shape index (κ2) is 3.42. The van der Waals surface area contributed by atoms with Crippen LogP contribution in [0.25, 0.3) is 0 Å². The molecular weight excluding hydrogens is 229 g/mol. The molecule has 1 N–H and O–H groups in total. The highest BCUT2D eigenvalue weighted by atomic mass is 79.9. The van der Waals surface area contributed by atoms with Gasteiger partial charge in [0.25, 0.3) is 0 Å². The summed E-state index contributed by atoms with van der Waals surface area (Å²) < 4.78 is 35.3. The van der Waals surface area contributed by atoms with Gasteiger partial charge in [0.15, 0.2) is 0 Å². The van der Waals surface area contributed by atoms with Crippen LogP contribution in [0.1, 0.15) is 6.92 Å². The summed E-state index contributed by atoms with van der Waals surface area (Å²) in [6.45, 7) is 0.813. The Morgan fingerprint density at radius 3 is 2.00 bits per heavy atom. The van der Waals surface area contributed by atoms with E-state index in [0.29, 0.717) is 0 Å². The van der Waals surface area contributed by atoms with Crippen molar-refractivity contribution in [2.45, 2.75) is 17.9 Å². The number of hydrogen-bond acceptors (Lipinski definition) is 1. The molecule has 0 aliphatic carbocycles. The number of halogens is 4. The van der Waals surface area contributed by atoms with E-state index in [-0.39, 0.29) is 0 Å².